The minimum Gasteiger partial charge on any atom is -0.508 e. The summed E-state index contributed by atoms with van der Waals surface area (Å²) in [6.07, 6.45) is 2.18. The number of carbonyl (C=O) groups is 4. The fraction of sp³-hybridized carbons (Fsp3) is 0.250. The molecule has 2 heterocycles. The van der Waals surface area contributed by atoms with Crippen molar-refractivity contribution in [3.63, 3.8) is 0 Å². The Kier molecular flexibility index (Phi) is 8.67. The third-order valence-corrected chi connectivity index (χ3v) is 12.0. The third-order valence-electron chi connectivity index (χ3n) is 11.2. The molecule has 2 aliphatic carbocycles. The third kappa shape index (κ3) is 5.29. The van der Waals surface area contributed by atoms with Crippen LogP contribution < -0.4 is 19.8 Å². The molecule has 0 aromatic heterocycles. The SMILES string of the molecule is COc1ccc([C@@]23C(=O)N(Nc4ccc(Cl)cc4Cl)C(=O)[C@@H]2C[C@@H]2C(=CC[C@@H]4C(=O)N(c5ccc(Cl)cc5)C(=O)[C@@H]42)[C@@H]3c2cc(OC)ccc2O)cc1. The van der Waals surface area contributed by atoms with E-state index in [1.807, 2.05) is 6.08 Å². The molecule has 13 heteroatoms. The van der Waals surface area contributed by atoms with Gasteiger partial charge in [-0.2, -0.15) is 5.01 Å². The lowest BCUT2D eigenvalue weighted by atomic mass is 9.49. The molecule has 53 heavy (non-hydrogen) atoms. The summed E-state index contributed by atoms with van der Waals surface area (Å²) in [5.74, 6) is -5.30. The Balaban J connectivity index is 1.35. The molecule has 8 rings (SSSR count). The number of hydrazine groups is 1. The Morgan fingerprint density at radius 1 is 0.774 bits per heavy atom. The minimum atomic E-state index is -1.64. The lowest BCUT2D eigenvalue weighted by molar-refractivity contribution is -0.138. The van der Waals surface area contributed by atoms with Crippen molar-refractivity contribution in [2.24, 2.45) is 23.7 Å². The summed E-state index contributed by atoms with van der Waals surface area (Å²) in [7, 11) is 3.02. The highest BCUT2D eigenvalue weighted by Gasteiger charge is 2.70. The van der Waals surface area contributed by atoms with E-state index in [0.717, 1.165) is 5.01 Å². The number of aromatic hydroxyl groups is 1. The number of imide groups is 2. The fourth-order valence-corrected chi connectivity index (χ4v) is 9.50. The number of methoxy groups -OCH3 is 2. The van der Waals surface area contributed by atoms with Crippen molar-refractivity contribution in [2.45, 2.75) is 24.2 Å². The van der Waals surface area contributed by atoms with Crippen LogP contribution in [0.15, 0.2) is 96.6 Å². The molecule has 6 atom stereocenters. The van der Waals surface area contributed by atoms with Crippen LogP contribution in [0, 0.1) is 23.7 Å². The van der Waals surface area contributed by atoms with Crippen molar-refractivity contribution in [1.29, 1.82) is 0 Å². The summed E-state index contributed by atoms with van der Waals surface area (Å²) >= 11 is 18.8. The number of rotatable bonds is 7. The van der Waals surface area contributed by atoms with E-state index in [1.165, 1.54) is 31.3 Å². The van der Waals surface area contributed by atoms with E-state index in [4.69, 9.17) is 44.3 Å². The zero-order valence-electron chi connectivity index (χ0n) is 28.4. The van der Waals surface area contributed by atoms with Crippen molar-refractivity contribution in [3.8, 4) is 17.2 Å². The zero-order valence-corrected chi connectivity index (χ0v) is 30.7. The normalized spacial score (nSPS) is 26.2. The molecule has 4 aromatic rings. The molecular weight excluding hydrogens is 741 g/mol. The van der Waals surface area contributed by atoms with E-state index in [9.17, 15) is 19.5 Å². The van der Waals surface area contributed by atoms with Crippen LogP contribution in [0.3, 0.4) is 0 Å². The number of carbonyl (C=O) groups excluding carboxylic acids is 4. The fourth-order valence-electron chi connectivity index (χ4n) is 8.92. The van der Waals surface area contributed by atoms with Gasteiger partial charge in [0.1, 0.15) is 17.2 Å². The largest absolute Gasteiger partial charge is 0.508 e. The molecular formula is C40H32Cl3N3O7. The number of phenolic OH excluding ortho intramolecular Hbond substituents is 1. The number of hydrogen-bond acceptors (Lipinski definition) is 8. The van der Waals surface area contributed by atoms with Gasteiger partial charge in [-0.1, -0.05) is 58.6 Å². The molecule has 4 aliphatic rings. The summed E-state index contributed by atoms with van der Waals surface area (Å²) in [5, 5.41) is 13.6. The molecule has 1 saturated carbocycles. The first kappa shape index (κ1) is 35.0. The smallest absolute Gasteiger partial charge is 0.260 e. The number of fused-ring (bicyclic) bond motifs is 4. The van der Waals surface area contributed by atoms with Gasteiger partial charge in [-0.25, -0.2) is 0 Å². The molecule has 4 aromatic carbocycles. The molecule has 2 saturated heterocycles. The van der Waals surface area contributed by atoms with Crippen LogP contribution in [0.25, 0.3) is 0 Å². The molecule has 0 bridgehead atoms. The lowest BCUT2D eigenvalue weighted by Gasteiger charge is -2.50. The summed E-state index contributed by atoms with van der Waals surface area (Å²) < 4.78 is 11.1. The Bertz CT molecular complexity index is 2230. The molecule has 4 amide bonds. The van der Waals surface area contributed by atoms with Gasteiger partial charge in [0.2, 0.25) is 11.8 Å². The lowest BCUT2D eigenvalue weighted by Crippen LogP contribution is -2.53. The van der Waals surface area contributed by atoms with Gasteiger partial charge in [-0.15, -0.1) is 0 Å². The highest BCUT2D eigenvalue weighted by Crippen LogP contribution is 2.65. The monoisotopic (exact) mass is 771 g/mol. The molecule has 0 unspecified atom stereocenters. The van der Waals surface area contributed by atoms with Crippen molar-refractivity contribution < 1.29 is 33.8 Å². The van der Waals surface area contributed by atoms with E-state index in [0.29, 0.717) is 43.9 Å². The molecule has 3 fully saturated rings. The number of ether oxygens (including phenoxy) is 2. The first-order valence-electron chi connectivity index (χ1n) is 16.9. The Morgan fingerprint density at radius 3 is 2.13 bits per heavy atom. The molecule has 2 aliphatic heterocycles. The highest BCUT2D eigenvalue weighted by molar-refractivity contribution is 6.36. The second-order valence-corrected chi connectivity index (χ2v) is 14.9. The number of amides is 4. The zero-order chi connectivity index (χ0) is 37.3. The summed E-state index contributed by atoms with van der Waals surface area (Å²) in [6.45, 7) is 0. The van der Waals surface area contributed by atoms with Crippen molar-refractivity contribution in [2.75, 3.05) is 24.5 Å². The Morgan fingerprint density at radius 2 is 1.45 bits per heavy atom. The Labute approximate surface area is 319 Å². The molecule has 0 spiro atoms. The second-order valence-electron chi connectivity index (χ2n) is 13.6. The van der Waals surface area contributed by atoms with Gasteiger partial charge in [0.05, 0.1) is 53.8 Å². The number of benzene rings is 4. The average Bonchev–Trinajstić information content (AvgIpc) is 3.54. The summed E-state index contributed by atoms with van der Waals surface area (Å²) in [6, 6.07) is 22.8. The van der Waals surface area contributed by atoms with Crippen LogP contribution in [-0.4, -0.2) is 48.0 Å². The van der Waals surface area contributed by atoms with Crippen molar-refractivity contribution in [1.82, 2.24) is 5.01 Å². The molecule has 10 nitrogen and oxygen atoms in total. The van der Waals surface area contributed by atoms with Crippen LogP contribution in [0.2, 0.25) is 15.1 Å². The van der Waals surface area contributed by atoms with Crippen molar-refractivity contribution in [3.05, 3.63) is 123 Å². The highest BCUT2D eigenvalue weighted by atomic mass is 35.5. The number of halogens is 3. The molecule has 0 radical (unpaired) electrons. The number of phenols is 1. The van der Waals surface area contributed by atoms with Gasteiger partial charge in [0.15, 0.2) is 0 Å². The van der Waals surface area contributed by atoms with Gasteiger partial charge in [-0.3, -0.25) is 29.5 Å². The number of allylic oxidation sites excluding steroid dienone is 2. The molecule has 270 valence electrons. The Hall–Kier alpha value is -5.03. The maximum atomic E-state index is 15.4. The van der Waals surface area contributed by atoms with Gasteiger partial charge >= 0.3 is 0 Å². The van der Waals surface area contributed by atoms with E-state index < -0.39 is 52.7 Å². The van der Waals surface area contributed by atoms with E-state index >= 15 is 4.79 Å². The quantitative estimate of drug-likeness (QED) is 0.146. The summed E-state index contributed by atoms with van der Waals surface area (Å²) in [4.78, 5) is 60.0. The maximum absolute atomic E-state index is 15.4. The van der Waals surface area contributed by atoms with Gasteiger partial charge in [-0.05, 0) is 97.1 Å². The molecule has 2 N–H and O–H groups in total. The first-order valence-corrected chi connectivity index (χ1v) is 18.1. The van der Waals surface area contributed by atoms with Crippen molar-refractivity contribution >= 4 is 69.8 Å². The predicted octanol–water partition coefficient (Wildman–Crippen LogP) is 7.56. The van der Waals surface area contributed by atoms with Crippen LogP contribution in [-0.2, 0) is 24.6 Å². The van der Waals surface area contributed by atoms with Crippen LogP contribution >= 0.6 is 34.8 Å². The van der Waals surface area contributed by atoms with Gasteiger partial charge in [0.25, 0.3) is 11.8 Å². The minimum absolute atomic E-state index is 0.0604. The summed E-state index contributed by atoms with van der Waals surface area (Å²) in [5.41, 5.74) is 3.50. The van der Waals surface area contributed by atoms with Crippen LogP contribution in [0.5, 0.6) is 17.2 Å². The topological polar surface area (TPSA) is 125 Å². The number of anilines is 2. The van der Waals surface area contributed by atoms with Crippen LogP contribution in [0.1, 0.15) is 29.9 Å². The maximum Gasteiger partial charge on any atom is 0.260 e. The van der Waals surface area contributed by atoms with Gasteiger partial charge < -0.3 is 14.6 Å². The van der Waals surface area contributed by atoms with Gasteiger partial charge in [0, 0.05) is 21.5 Å². The predicted molar refractivity (Wildman–Crippen MR) is 199 cm³/mol. The van der Waals surface area contributed by atoms with E-state index in [1.54, 1.807) is 72.8 Å². The average molecular weight is 773 g/mol. The number of nitrogens with one attached hydrogen (secondary N) is 1. The standard InChI is InChI=1S/C40H32Cl3N3O7/c1-52-24-10-3-20(4-11-24)40-30(37(49)46(39(40)51)44-32-15-7-22(42)17-31(32)43)19-28-26(35(40)29-18-25(53-2)12-16-33(29)47)13-14-27-34(28)38(50)45(36(27)48)23-8-5-21(41)6-9-23/h3-13,15-18,27-28,30,34-35,44,47H,14,19H2,1-2H3/t27-,28+,30-,34-,35+,40+/m0/s1. The number of nitrogens with zero attached hydrogens (tertiary/aromatic N) is 2. The first-order chi connectivity index (χ1) is 25.5. The van der Waals surface area contributed by atoms with Crippen LogP contribution in [0.4, 0.5) is 11.4 Å². The van der Waals surface area contributed by atoms with E-state index in [2.05, 4.69) is 5.43 Å². The second kappa shape index (κ2) is 13.1. The number of hydrogen-bond donors (Lipinski definition) is 2. The van der Waals surface area contributed by atoms with E-state index in [-0.39, 0.29) is 35.2 Å².